The summed E-state index contributed by atoms with van der Waals surface area (Å²) in [5.74, 6) is -1.69. The summed E-state index contributed by atoms with van der Waals surface area (Å²) in [6.07, 6.45) is 1.33. The zero-order valence-electron chi connectivity index (χ0n) is 16.5. The molecule has 0 radical (unpaired) electrons. The minimum atomic E-state index is -1.42. The van der Waals surface area contributed by atoms with Crippen molar-refractivity contribution in [3.05, 3.63) is 11.8 Å². The average molecular weight is 418 g/mol. The van der Waals surface area contributed by atoms with Crippen LogP contribution in [0.4, 0.5) is 4.79 Å². The number of nitrogens with two attached hydrogens (primary N) is 2. The highest BCUT2D eigenvalue weighted by atomic mass is 16.4. The van der Waals surface area contributed by atoms with Gasteiger partial charge in [0.2, 0.25) is 11.8 Å². The molecule has 13 heteroatoms. The zero-order chi connectivity index (χ0) is 22.4. The molecular formula is C16H30N6O7. The molecule has 0 bridgehead atoms. The lowest BCUT2D eigenvalue weighted by Crippen LogP contribution is -2.51. The maximum absolute atomic E-state index is 11.6. The number of nitrogens with one attached hydrogen (secondary N) is 2. The molecule has 1 aromatic rings. The summed E-state index contributed by atoms with van der Waals surface area (Å²) in [6.45, 7) is 3.35. The molecule has 3 atom stereocenters. The Morgan fingerprint density at radius 1 is 1.21 bits per heavy atom. The predicted octanol–water partition coefficient (Wildman–Crippen LogP) is -0.687. The Morgan fingerprint density at radius 3 is 2.31 bits per heavy atom. The summed E-state index contributed by atoms with van der Waals surface area (Å²) >= 11 is 0. The second kappa shape index (κ2) is 14.3. The number of aliphatic hydroxyl groups excluding tert-OH is 1. The summed E-state index contributed by atoms with van der Waals surface area (Å²) in [5, 5.41) is 37.9. The fourth-order valence-electron chi connectivity index (χ4n) is 1.86. The molecule has 1 rings (SSSR count). The van der Waals surface area contributed by atoms with Crippen LogP contribution >= 0.6 is 0 Å². The number of aliphatic carboxylic acids is 2. The number of unbranched alkanes of at least 4 members (excludes halogenated alkanes) is 1. The molecule has 0 spiro atoms. The summed E-state index contributed by atoms with van der Waals surface area (Å²) in [5.41, 5.74) is 11.3. The topological polar surface area (TPSA) is 227 Å². The van der Waals surface area contributed by atoms with Crippen LogP contribution in [0.2, 0.25) is 0 Å². The lowest BCUT2D eigenvalue weighted by molar-refractivity contribution is -0.141. The van der Waals surface area contributed by atoms with Gasteiger partial charge in [0.05, 0.1) is 18.7 Å². The Labute approximate surface area is 167 Å². The Morgan fingerprint density at radius 2 is 1.83 bits per heavy atom. The van der Waals surface area contributed by atoms with Gasteiger partial charge < -0.3 is 41.8 Å². The van der Waals surface area contributed by atoms with Crippen LogP contribution in [0.1, 0.15) is 57.4 Å². The van der Waals surface area contributed by atoms with Gasteiger partial charge in [-0.3, -0.25) is 4.79 Å². The van der Waals surface area contributed by atoms with E-state index in [9.17, 15) is 19.5 Å². The van der Waals surface area contributed by atoms with Crippen molar-refractivity contribution < 1.29 is 34.1 Å². The number of nitrogens with zero attached hydrogens (tertiary/aromatic N) is 2. The van der Waals surface area contributed by atoms with Gasteiger partial charge in [-0.05, 0) is 26.3 Å². The molecule has 1 heterocycles. The van der Waals surface area contributed by atoms with E-state index in [1.54, 1.807) is 6.92 Å². The molecule has 0 fully saturated rings. The monoisotopic (exact) mass is 418 g/mol. The normalized spacial score (nSPS) is 13.4. The number of carbonyl (C=O) groups excluding carboxylic acids is 1. The molecule has 9 N–H and O–H groups in total. The van der Waals surface area contributed by atoms with Crippen LogP contribution in [0, 0.1) is 0 Å². The van der Waals surface area contributed by atoms with Crippen molar-refractivity contribution >= 4 is 18.0 Å². The average Bonchev–Trinajstić information content (AvgIpc) is 3.13. The van der Waals surface area contributed by atoms with Gasteiger partial charge in [0.25, 0.3) is 0 Å². The molecule has 0 aliphatic heterocycles. The van der Waals surface area contributed by atoms with E-state index < -0.39 is 36.2 Å². The van der Waals surface area contributed by atoms with Gasteiger partial charge in [-0.1, -0.05) is 13.3 Å². The number of carboxylic acids is 2. The Hall–Kier alpha value is -2.77. The van der Waals surface area contributed by atoms with Gasteiger partial charge in [0, 0.05) is 6.42 Å². The molecule has 29 heavy (non-hydrogen) atoms. The highest BCUT2D eigenvalue weighted by Gasteiger charge is 2.25. The summed E-state index contributed by atoms with van der Waals surface area (Å²) in [7, 11) is 0. The van der Waals surface area contributed by atoms with Crippen molar-refractivity contribution in [3.8, 4) is 0 Å². The summed E-state index contributed by atoms with van der Waals surface area (Å²) in [4.78, 5) is 31.9. The first-order valence-corrected chi connectivity index (χ1v) is 9.07. The standard InChI is InChI=1S/C13H24N6O5.C3H6O2/c1-7(20)10(12(21)22)17-13(23)16-6-9-18-19-11(24-9)8(15)4-2-3-5-14;1-2-3(4)5/h7-8,10,20H,2-6,14-15H2,1H3,(H,21,22)(H2,16,17,23);2H2,1H3,(H,4,5). The van der Waals surface area contributed by atoms with E-state index in [1.165, 1.54) is 6.92 Å². The van der Waals surface area contributed by atoms with Crippen LogP contribution in [-0.4, -0.2) is 62.2 Å². The third kappa shape index (κ3) is 11.6. The fraction of sp³-hybridized carbons (Fsp3) is 0.688. The van der Waals surface area contributed by atoms with Crippen LogP contribution in [0.3, 0.4) is 0 Å². The number of amides is 2. The smallest absolute Gasteiger partial charge is 0.328 e. The lowest BCUT2D eigenvalue weighted by atomic mass is 10.1. The van der Waals surface area contributed by atoms with Crippen molar-refractivity contribution in [1.82, 2.24) is 20.8 Å². The second-order valence-electron chi connectivity index (χ2n) is 6.06. The number of aliphatic hydroxyl groups is 1. The van der Waals surface area contributed by atoms with Crippen LogP contribution in [-0.2, 0) is 16.1 Å². The van der Waals surface area contributed by atoms with Crippen LogP contribution < -0.4 is 22.1 Å². The lowest BCUT2D eigenvalue weighted by Gasteiger charge is -2.16. The van der Waals surface area contributed by atoms with Crippen LogP contribution in [0.5, 0.6) is 0 Å². The van der Waals surface area contributed by atoms with Crippen molar-refractivity contribution in [2.45, 2.75) is 64.3 Å². The van der Waals surface area contributed by atoms with Crippen molar-refractivity contribution in [2.75, 3.05) is 6.54 Å². The molecule has 0 aliphatic carbocycles. The Bertz CT molecular complexity index is 637. The quantitative estimate of drug-likeness (QED) is 0.222. The van der Waals surface area contributed by atoms with E-state index in [1.807, 2.05) is 0 Å². The van der Waals surface area contributed by atoms with E-state index in [0.29, 0.717) is 13.0 Å². The number of carbonyl (C=O) groups is 3. The van der Waals surface area contributed by atoms with E-state index in [2.05, 4.69) is 20.8 Å². The van der Waals surface area contributed by atoms with Gasteiger partial charge in [-0.15, -0.1) is 10.2 Å². The van der Waals surface area contributed by atoms with E-state index >= 15 is 0 Å². The van der Waals surface area contributed by atoms with Crippen molar-refractivity contribution in [2.24, 2.45) is 11.5 Å². The molecule has 0 saturated carbocycles. The third-order valence-corrected chi connectivity index (χ3v) is 3.51. The molecule has 13 nitrogen and oxygen atoms in total. The van der Waals surface area contributed by atoms with Crippen molar-refractivity contribution in [1.29, 1.82) is 0 Å². The SMILES string of the molecule is CC(O)C(NC(=O)NCc1nnc(C(N)CCCCN)o1)C(=O)O.CCC(=O)O. The first-order valence-electron chi connectivity index (χ1n) is 9.07. The molecular weight excluding hydrogens is 388 g/mol. The van der Waals surface area contributed by atoms with Crippen molar-refractivity contribution in [3.63, 3.8) is 0 Å². The first-order chi connectivity index (χ1) is 13.6. The molecule has 166 valence electrons. The number of urea groups is 1. The number of carboxylic acid groups (broad SMARTS) is 2. The van der Waals surface area contributed by atoms with Crippen LogP contribution in [0.15, 0.2) is 4.42 Å². The number of hydrogen-bond acceptors (Lipinski definition) is 9. The highest BCUT2D eigenvalue weighted by Crippen LogP contribution is 2.15. The number of rotatable bonds is 11. The molecule has 0 aliphatic rings. The molecule has 3 unspecified atom stereocenters. The molecule has 2 amide bonds. The predicted molar refractivity (Wildman–Crippen MR) is 101 cm³/mol. The molecule has 0 saturated heterocycles. The Kier molecular flexibility index (Phi) is 12.9. The van der Waals surface area contributed by atoms with Gasteiger partial charge in [0.1, 0.15) is 0 Å². The molecule has 1 aromatic heterocycles. The largest absolute Gasteiger partial charge is 0.481 e. The van der Waals surface area contributed by atoms with Gasteiger partial charge >= 0.3 is 18.0 Å². The molecule has 0 aromatic carbocycles. The fourth-order valence-corrected chi connectivity index (χ4v) is 1.86. The van der Waals surface area contributed by atoms with E-state index in [4.69, 9.17) is 26.1 Å². The van der Waals surface area contributed by atoms with Gasteiger partial charge in [0.15, 0.2) is 6.04 Å². The minimum absolute atomic E-state index is 0.0967. The second-order valence-corrected chi connectivity index (χ2v) is 6.06. The van der Waals surface area contributed by atoms with Crippen LogP contribution in [0.25, 0.3) is 0 Å². The number of hydrogen-bond donors (Lipinski definition) is 7. The Balaban J connectivity index is 0.00000139. The van der Waals surface area contributed by atoms with Gasteiger partial charge in [-0.25, -0.2) is 9.59 Å². The van der Waals surface area contributed by atoms with Gasteiger partial charge in [-0.2, -0.15) is 0 Å². The van der Waals surface area contributed by atoms with E-state index in [-0.39, 0.29) is 24.7 Å². The van der Waals surface area contributed by atoms with E-state index in [0.717, 1.165) is 12.8 Å². The summed E-state index contributed by atoms with van der Waals surface area (Å²) in [6, 6.07) is -2.60. The maximum atomic E-state index is 11.6. The minimum Gasteiger partial charge on any atom is -0.481 e. The number of aromatic nitrogens is 2. The zero-order valence-corrected chi connectivity index (χ0v) is 16.5. The summed E-state index contributed by atoms with van der Waals surface area (Å²) < 4.78 is 5.34. The maximum Gasteiger partial charge on any atom is 0.328 e. The first kappa shape index (κ1) is 26.2. The third-order valence-electron chi connectivity index (χ3n) is 3.51. The highest BCUT2D eigenvalue weighted by molar-refractivity contribution is 5.82.